The van der Waals surface area contributed by atoms with Gasteiger partial charge in [-0.05, 0) is 53.4 Å². The number of nitrogens with one attached hydrogen (secondary N) is 1. The SMILES string of the molecule is [2H]CC(C)=CCC/C(C)=C/CC/C(C)=C/CSC[C@H](NC(C)=O)C(=O)OC. The van der Waals surface area contributed by atoms with E-state index in [9.17, 15) is 9.59 Å². The summed E-state index contributed by atoms with van der Waals surface area (Å²) in [5.41, 5.74) is 3.85. The van der Waals surface area contributed by atoms with Gasteiger partial charge in [0, 0.05) is 19.8 Å². The zero-order chi connectivity index (χ0) is 20.7. The fourth-order valence-corrected chi connectivity index (χ4v) is 3.23. The van der Waals surface area contributed by atoms with E-state index in [4.69, 9.17) is 6.11 Å². The summed E-state index contributed by atoms with van der Waals surface area (Å²) in [6.45, 7) is 8.06. The van der Waals surface area contributed by atoms with Crippen molar-refractivity contribution in [2.75, 3.05) is 18.6 Å². The summed E-state index contributed by atoms with van der Waals surface area (Å²) in [4.78, 5) is 22.8. The molecule has 148 valence electrons. The average molecular weight is 383 g/mol. The van der Waals surface area contributed by atoms with Gasteiger partial charge in [-0.15, -0.1) is 0 Å². The van der Waals surface area contributed by atoms with Crippen LogP contribution in [0.1, 0.15) is 61.6 Å². The van der Waals surface area contributed by atoms with Gasteiger partial charge in [-0.25, -0.2) is 4.79 Å². The van der Waals surface area contributed by atoms with Crippen LogP contribution in [-0.4, -0.2) is 36.5 Å². The molecule has 0 aromatic heterocycles. The minimum Gasteiger partial charge on any atom is -0.467 e. The topological polar surface area (TPSA) is 55.4 Å². The zero-order valence-corrected chi connectivity index (χ0v) is 17.7. The monoisotopic (exact) mass is 382 g/mol. The van der Waals surface area contributed by atoms with Crippen molar-refractivity contribution in [1.82, 2.24) is 5.32 Å². The molecule has 0 aliphatic rings. The Morgan fingerprint density at radius 1 is 1.08 bits per heavy atom. The van der Waals surface area contributed by atoms with Crippen LogP contribution in [0.15, 0.2) is 34.9 Å². The Morgan fingerprint density at radius 3 is 2.27 bits per heavy atom. The highest BCUT2D eigenvalue weighted by molar-refractivity contribution is 7.99. The van der Waals surface area contributed by atoms with Crippen LogP contribution in [0.4, 0.5) is 0 Å². The summed E-state index contributed by atoms with van der Waals surface area (Å²) >= 11 is 1.60. The molecule has 0 fully saturated rings. The van der Waals surface area contributed by atoms with Crippen LogP contribution < -0.4 is 5.32 Å². The number of thioether (sulfide) groups is 1. The quantitative estimate of drug-likeness (QED) is 0.299. The van der Waals surface area contributed by atoms with Gasteiger partial charge in [-0.1, -0.05) is 34.9 Å². The normalized spacial score (nSPS) is 14.7. The Hall–Kier alpha value is -1.49. The standard InChI is InChI=1S/C21H35NO3S/c1-16(2)9-7-10-17(3)11-8-12-18(4)13-14-26-15-20(21(24)25-6)22-19(5)23/h9,11,13,20H,7-8,10,12,14-15H2,1-6H3,(H,22,23)/b17-11+,18-13+/t20-/m0/s1/i1D/b16-9?,17-11+,18-13+. The number of esters is 1. The third-order valence-corrected chi connectivity index (χ3v) is 4.73. The highest BCUT2D eigenvalue weighted by Crippen LogP contribution is 2.13. The van der Waals surface area contributed by atoms with E-state index in [0.29, 0.717) is 12.7 Å². The van der Waals surface area contributed by atoms with E-state index < -0.39 is 12.0 Å². The molecule has 1 N–H and O–H groups in total. The number of rotatable bonds is 12. The smallest absolute Gasteiger partial charge is 0.329 e. The lowest BCUT2D eigenvalue weighted by molar-refractivity contribution is -0.144. The van der Waals surface area contributed by atoms with Crippen molar-refractivity contribution in [3.8, 4) is 0 Å². The molecule has 0 bridgehead atoms. The van der Waals surface area contributed by atoms with Gasteiger partial charge in [0.1, 0.15) is 6.04 Å². The van der Waals surface area contributed by atoms with E-state index in [1.54, 1.807) is 11.8 Å². The third kappa shape index (κ3) is 13.8. The second-order valence-corrected chi connectivity index (χ2v) is 7.62. The number of hydrogen-bond acceptors (Lipinski definition) is 4. The lowest BCUT2D eigenvalue weighted by Gasteiger charge is -2.14. The van der Waals surface area contributed by atoms with Crippen LogP contribution in [0, 0.1) is 0 Å². The van der Waals surface area contributed by atoms with Gasteiger partial charge in [-0.2, -0.15) is 11.8 Å². The van der Waals surface area contributed by atoms with E-state index in [0.717, 1.165) is 37.0 Å². The average Bonchev–Trinajstić information content (AvgIpc) is 2.62. The van der Waals surface area contributed by atoms with Gasteiger partial charge < -0.3 is 10.1 Å². The van der Waals surface area contributed by atoms with Crippen LogP contribution in [0.2, 0.25) is 0 Å². The van der Waals surface area contributed by atoms with Crippen LogP contribution in [-0.2, 0) is 14.3 Å². The van der Waals surface area contributed by atoms with Crippen molar-refractivity contribution in [3.63, 3.8) is 0 Å². The van der Waals surface area contributed by atoms with Gasteiger partial charge in [0.2, 0.25) is 5.91 Å². The van der Waals surface area contributed by atoms with Crippen LogP contribution in [0.25, 0.3) is 0 Å². The van der Waals surface area contributed by atoms with Crippen LogP contribution in [0.3, 0.4) is 0 Å². The number of carbonyl (C=O) groups excluding carboxylic acids is 2. The van der Waals surface area contributed by atoms with Gasteiger partial charge in [0.15, 0.2) is 0 Å². The Kier molecular flexibility index (Phi) is 12.7. The minimum absolute atomic E-state index is 0.231. The first-order valence-electron chi connectivity index (χ1n) is 9.69. The lowest BCUT2D eigenvalue weighted by atomic mass is 10.1. The van der Waals surface area contributed by atoms with E-state index in [2.05, 4.69) is 37.4 Å². The molecule has 0 radical (unpaired) electrons. The summed E-state index contributed by atoms with van der Waals surface area (Å²) in [5, 5.41) is 2.62. The van der Waals surface area contributed by atoms with Gasteiger partial charge in [0.05, 0.1) is 7.11 Å². The fraction of sp³-hybridized carbons (Fsp3) is 0.619. The summed E-state index contributed by atoms with van der Waals surface area (Å²) in [7, 11) is 1.33. The number of methoxy groups -OCH3 is 1. The Balaban J connectivity index is 4.16. The number of carbonyl (C=O) groups is 2. The molecular formula is C21H35NO3S. The highest BCUT2D eigenvalue weighted by atomic mass is 32.2. The summed E-state index contributed by atoms with van der Waals surface area (Å²) < 4.78 is 12.0. The molecule has 0 unspecified atom stereocenters. The maximum atomic E-state index is 11.6. The Bertz CT molecular complexity index is 556. The largest absolute Gasteiger partial charge is 0.467 e. The van der Waals surface area contributed by atoms with E-state index in [1.165, 1.54) is 25.2 Å². The summed E-state index contributed by atoms with van der Waals surface area (Å²) in [6, 6.07) is -0.593. The molecule has 0 spiro atoms. The van der Waals surface area contributed by atoms with Crippen molar-refractivity contribution in [2.24, 2.45) is 0 Å². The minimum atomic E-state index is -0.593. The first-order valence-corrected chi connectivity index (χ1v) is 10.1. The number of hydrogen-bond donors (Lipinski definition) is 1. The van der Waals surface area contributed by atoms with Crippen molar-refractivity contribution in [1.29, 1.82) is 0 Å². The van der Waals surface area contributed by atoms with Crippen LogP contribution in [0.5, 0.6) is 0 Å². The molecule has 0 aliphatic carbocycles. The number of allylic oxidation sites excluding steroid dienone is 5. The van der Waals surface area contributed by atoms with E-state index in [-0.39, 0.29) is 5.91 Å². The predicted octanol–water partition coefficient (Wildman–Crippen LogP) is 4.82. The molecule has 0 saturated carbocycles. The molecule has 0 aliphatic heterocycles. The molecule has 26 heavy (non-hydrogen) atoms. The molecular weight excluding hydrogens is 346 g/mol. The molecule has 0 aromatic rings. The second-order valence-electron chi connectivity index (χ2n) is 6.54. The summed E-state index contributed by atoms with van der Waals surface area (Å²) in [5.74, 6) is 0.663. The molecule has 4 nitrogen and oxygen atoms in total. The fourth-order valence-electron chi connectivity index (χ4n) is 2.24. The first-order chi connectivity index (χ1) is 12.8. The number of ether oxygens (including phenoxy) is 1. The molecule has 1 amide bonds. The maximum Gasteiger partial charge on any atom is 0.329 e. The van der Waals surface area contributed by atoms with E-state index in [1.807, 2.05) is 6.92 Å². The van der Waals surface area contributed by atoms with Crippen molar-refractivity contribution < 1.29 is 15.7 Å². The highest BCUT2D eigenvalue weighted by Gasteiger charge is 2.19. The predicted molar refractivity (Wildman–Crippen MR) is 112 cm³/mol. The Morgan fingerprint density at radius 2 is 1.69 bits per heavy atom. The van der Waals surface area contributed by atoms with Gasteiger partial charge in [-0.3, -0.25) is 4.79 Å². The molecule has 0 saturated heterocycles. The number of amides is 1. The molecule has 0 rings (SSSR count). The van der Waals surface area contributed by atoms with Crippen molar-refractivity contribution in [3.05, 3.63) is 34.9 Å². The van der Waals surface area contributed by atoms with Crippen LogP contribution >= 0.6 is 11.8 Å². The van der Waals surface area contributed by atoms with Gasteiger partial charge >= 0.3 is 5.97 Å². The zero-order valence-electron chi connectivity index (χ0n) is 17.9. The van der Waals surface area contributed by atoms with Crippen molar-refractivity contribution >= 4 is 23.6 Å². The Labute approximate surface area is 164 Å². The molecule has 0 heterocycles. The molecule has 5 heteroatoms. The third-order valence-electron chi connectivity index (χ3n) is 3.76. The lowest BCUT2D eigenvalue weighted by Crippen LogP contribution is -2.42. The molecule has 0 aromatic carbocycles. The first kappa shape index (κ1) is 22.6. The summed E-state index contributed by atoms with van der Waals surface area (Å²) in [6.07, 6.45) is 10.7. The van der Waals surface area contributed by atoms with E-state index >= 15 is 0 Å². The van der Waals surface area contributed by atoms with Gasteiger partial charge in [0.25, 0.3) is 0 Å². The second kappa shape index (κ2) is 14.7. The van der Waals surface area contributed by atoms with Crippen molar-refractivity contribution in [2.45, 2.75) is 66.3 Å². The molecule has 1 atom stereocenters. The maximum absolute atomic E-state index is 11.6.